The Morgan fingerprint density at radius 1 is 1.50 bits per heavy atom. The van der Waals surface area contributed by atoms with E-state index in [0.717, 1.165) is 0 Å². The van der Waals surface area contributed by atoms with Crippen LogP contribution in [0.4, 0.5) is 0 Å². The van der Waals surface area contributed by atoms with Crippen LogP contribution in [0.25, 0.3) is 0 Å². The van der Waals surface area contributed by atoms with Gasteiger partial charge in [-0.2, -0.15) is 0 Å². The van der Waals surface area contributed by atoms with E-state index in [0.29, 0.717) is 0 Å². The van der Waals surface area contributed by atoms with Crippen LogP contribution < -0.4 is 0 Å². The summed E-state index contributed by atoms with van der Waals surface area (Å²) in [4.78, 5) is 3.34. The van der Waals surface area contributed by atoms with Gasteiger partial charge in [0.25, 0.3) is 0 Å². The zero-order chi connectivity index (χ0) is 3.58. The van der Waals surface area contributed by atoms with Gasteiger partial charge in [-0.25, -0.2) is 0 Å². The Labute approximate surface area is 38.6 Å². The number of hydrogen-bond acceptors (Lipinski definition) is 0. The molecule has 0 rings (SSSR count). The molecule has 0 aromatic rings. The molecule has 0 nitrogen and oxygen atoms in total. The van der Waals surface area contributed by atoms with Gasteiger partial charge in [0, 0.05) is 0 Å². The average molecular weight is 181 g/mol. The second-order valence-electron chi connectivity index (χ2n) is 0.277. The van der Waals surface area contributed by atoms with E-state index in [4.69, 9.17) is 18.8 Å². The monoisotopic (exact) mass is 182 g/mol. The van der Waals surface area contributed by atoms with Crippen LogP contribution in [-0.4, -0.2) is 4.90 Å². The SMILES string of the molecule is [CH2]=[Mo]([Cl])[Cl]. The van der Waals surface area contributed by atoms with Crippen LogP contribution in [0.5, 0.6) is 0 Å². The van der Waals surface area contributed by atoms with Gasteiger partial charge in [0.1, 0.15) is 0 Å². The number of rotatable bonds is 0. The molecule has 0 saturated heterocycles. The van der Waals surface area contributed by atoms with Crippen molar-refractivity contribution in [2.75, 3.05) is 0 Å². The minimum atomic E-state index is -1.66. The van der Waals surface area contributed by atoms with Crippen molar-refractivity contribution < 1.29 is 14.8 Å². The molecular formula is CH2Cl2Mo. The third-order valence-electron chi connectivity index (χ3n) is 0. The third-order valence-corrected chi connectivity index (χ3v) is 0. The first-order valence-corrected chi connectivity index (χ1v) is 7.19. The molecule has 0 atom stereocenters. The fourth-order valence-electron chi connectivity index (χ4n) is 0. The van der Waals surface area contributed by atoms with Crippen molar-refractivity contribution in [1.82, 2.24) is 0 Å². The predicted molar refractivity (Wildman–Crippen MR) is 18.8 cm³/mol. The molecule has 4 heavy (non-hydrogen) atoms. The van der Waals surface area contributed by atoms with Crippen molar-refractivity contribution in [1.29, 1.82) is 0 Å². The van der Waals surface area contributed by atoms with E-state index >= 15 is 0 Å². The molecule has 0 spiro atoms. The van der Waals surface area contributed by atoms with Crippen LogP contribution in [-0.2, 0) is 14.8 Å². The molecule has 0 aliphatic carbocycles. The number of hydrogen-bond donors (Lipinski definition) is 0. The Balaban J connectivity index is 2.80. The van der Waals surface area contributed by atoms with Crippen molar-refractivity contribution in [3.05, 3.63) is 0 Å². The average Bonchev–Trinajstić information content (AvgIpc) is 0.811. The number of halogens is 2. The summed E-state index contributed by atoms with van der Waals surface area (Å²) in [7, 11) is 10.2. The molecule has 0 saturated carbocycles. The molecule has 0 aliphatic rings. The minimum absolute atomic E-state index is 1.66. The van der Waals surface area contributed by atoms with Gasteiger partial charge in [0.2, 0.25) is 0 Å². The predicted octanol–water partition coefficient (Wildman–Crippen LogP) is 1.34. The molecular weight excluding hydrogens is 179 g/mol. The van der Waals surface area contributed by atoms with Crippen molar-refractivity contribution in [3.63, 3.8) is 0 Å². The normalized spacial score (nSPS) is 8.75. The van der Waals surface area contributed by atoms with Gasteiger partial charge in [0.15, 0.2) is 0 Å². The molecule has 26 valence electrons. The first-order valence-electron chi connectivity index (χ1n) is 0.597. The first-order chi connectivity index (χ1) is 1.73. The molecule has 0 bridgehead atoms. The van der Waals surface area contributed by atoms with E-state index in [1.54, 1.807) is 0 Å². The van der Waals surface area contributed by atoms with E-state index in [1.807, 2.05) is 0 Å². The summed E-state index contributed by atoms with van der Waals surface area (Å²) < 4.78 is 0. The quantitative estimate of drug-likeness (QED) is 0.494. The maximum absolute atomic E-state index is 5.10. The van der Waals surface area contributed by atoms with Crippen LogP contribution in [0.2, 0.25) is 0 Å². The summed E-state index contributed by atoms with van der Waals surface area (Å²) in [5.74, 6) is 0. The Kier molecular flexibility index (Phi) is 3.06. The molecule has 0 aromatic carbocycles. The standard InChI is InChI=1S/CH2.2ClH.Mo/h1H2;2*1H;/q;;;+2/p-2. The third kappa shape index (κ3) is 11.1. The van der Waals surface area contributed by atoms with Gasteiger partial charge in [0.05, 0.1) is 0 Å². The molecule has 0 fully saturated rings. The van der Waals surface area contributed by atoms with Crippen LogP contribution in [0.1, 0.15) is 0 Å². The zero-order valence-corrected chi connectivity index (χ0v) is 5.39. The topological polar surface area (TPSA) is 0 Å². The van der Waals surface area contributed by atoms with Gasteiger partial charge in [-0.3, -0.25) is 0 Å². The van der Waals surface area contributed by atoms with Gasteiger partial charge >= 0.3 is 38.5 Å². The van der Waals surface area contributed by atoms with Crippen LogP contribution in [0.15, 0.2) is 0 Å². The molecule has 0 unspecified atom stereocenters. The molecule has 0 aromatic heterocycles. The summed E-state index contributed by atoms with van der Waals surface area (Å²) in [6.45, 7) is 0. The molecule has 0 radical (unpaired) electrons. The van der Waals surface area contributed by atoms with E-state index in [-0.39, 0.29) is 0 Å². The van der Waals surface area contributed by atoms with Crippen molar-refractivity contribution in [3.8, 4) is 0 Å². The first kappa shape index (κ1) is 5.14. The molecule has 3 heteroatoms. The van der Waals surface area contributed by atoms with E-state index in [2.05, 4.69) is 4.90 Å². The Morgan fingerprint density at radius 3 is 1.50 bits per heavy atom. The van der Waals surface area contributed by atoms with Crippen LogP contribution in [0, 0.1) is 0 Å². The zero-order valence-electron chi connectivity index (χ0n) is 1.87. The summed E-state index contributed by atoms with van der Waals surface area (Å²) in [5.41, 5.74) is 0. The second-order valence-corrected chi connectivity index (χ2v) is 6.98. The van der Waals surface area contributed by atoms with Crippen molar-refractivity contribution in [2.45, 2.75) is 0 Å². The Hall–Kier alpha value is 1.14. The molecule has 0 heterocycles. The molecule has 0 amide bonds. The van der Waals surface area contributed by atoms with Gasteiger partial charge in [-0.05, 0) is 0 Å². The summed E-state index contributed by atoms with van der Waals surface area (Å²) in [6, 6.07) is 0. The fraction of sp³-hybridized carbons (Fsp3) is 0. The van der Waals surface area contributed by atoms with Crippen LogP contribution >= 0.6 is 18.8 Å². The van der Waals surface area contributed by atoms with Crippen molar-refractivity contribution >= 4 is 23.7 Å². The summed E-state index contributed by atoms with van der Waals surface area (Å²) in [6.07, 6.45) is 0. The Bertz CT molecular complexity index is 29.0. The Morgan fingerprint density at radius 2 is 1.50 bits per heavy atom. The van der Waals surface area contributed by atoms with Gasteiger partial charge in [-0.1, -0.05) is 0 Å². The van der Waals surface area contributed by atoms with Gasteiger partial charge in [-0.15, -0.1) is 0 Å². The van der Waals surface area contributed by atoms with E-state index < -0.39 is 14.8 Å². The maximum atomic E-state index is 5.10. The van der Waals surface area contributed by atoms with E-state index in [1.165, 1.54) is 0 Å². The molecule has 0 aliphatic heterocycles. The van der Waals surface area contributed by atoms with Crippen molar-refractivity contribution in [2.24, 2.45) is 0 Å². The summed E-state index contributed by atoms with van der Waals surface area (Å²) in [5, 5.41) is 0. The fourth-order valence-corrected chi connectivity index (χ4v) is 0. The van der Waals surface area contributed by atoms with Crippen LogP contribution in [0.3, 0.4) is 0 Å². The summed E-state index contributed by atoms with van der Waals surface area (Å²) >= 11 is -1.66. The molecule has 0 N–H and O–H groups in total. The second kappa shape index (κ2) is 2.38. The van der Waals surface area contributed by atoms with Gasteiger partial charge < -0.3 is 0 Å². The van der Waals surface area contributed by atoms with E-state index in [9.17, 15) is 0 Å².